The van der Waals surface area contributed by atoms with Crippen LogP contribution in [-0.4, -0.2) is 47.4 Å². The van der Waals surface area contributed by atoms with E-state index >= 15 is 0 Å². The minimum atomic E-state index is -0.174. The Morgan fingerprint density at radius 1 is 1.15 bits per heavy atom. The summed E-state index contributed by atoms with van der Waals surface area (Å²) in [5.41, 5.74) is 1.91. The van der Waals surface area contributed by atoms with Crippen LogP contribution in [0.1, 0.15) is 52.5 Å². The standard InChI is InChI=1S/C22H30N2O3/c1-5-12-24-21(25)19(17-8-10-18(11-9-17)27-15(2)3)20(22(24)26)23-13-6-7-16(4)14-23/h8-11,15-16H,5-7,12-14H2,1-4H3. The van der Waals surface area contributed by atoms with E-state index in [0.717, 1.165) is 37.2 Å². The van der Waals surface area contributed by atoms with Crippen molar-refractivity contribution in [2.75, 3.05) is 19.6 Å². The Kier molecular flexibility index (Phi) is 5.88. The maximum Gasteiger partial charge on any atom is 0.277 e. The van der Waals surface area contributed by atoms with Crippen molar-refractivity contribution in [1.29, 1.82) is 0 Å². The number of nitrogens with zero attached hydrogens (tertiary/aromatic N) is 2. The predicted molar refractivity (Wildman–Crippen MR) is 106 cm³/mol. The van der Waals surface area contributed by atoms with Crippen molar-refractivity contribution in [3.05, 3.63) is 35.5 Å². The SMILES string of the molecule is CCCN1C(=O)C(c2ccc(OC(C)C)cc2)=C(N2CCCC(C)C2)C1=O. The van der Waals surface area contributed by atoms with Crippen LogP contribution in [-0.2, 0) is 9.59 Å². The molecule has 0 bridgehead atoms. The van der Waals surface area contributed by atoms with Gasteiger partial charge in [0.25, 0.3) is 11.8 Å². The van der Waals surface area contributed by atoms with Crippen LogP contribution in [0, 0.1) is 5.92 Å². The second-order valence-corrected chi connectivity index (χ2v) is 7.87. The van der Waals surface area contributed by atoms with Crippen molar-refractivity contribution in [3.8, 4) is 5.75 Å². The van der Waals surface area contributed by atoms with Gasteiger partial charge in [0.2, 0.25) is 0 Å². The number of imide groups is 1. The fraction of sp³-hybridized carbons (Fsp3) is 0.545. The van der Waals surface area contributed by atoms with Crippen LogP contribution in [0.15, 0.2) is 30.0 Å². The summed E-state index contributed by atoms with van der Waals surface area (Å²) in [7, 11) is 0. The topological polar surface area (TPSA) is 49.9 Å². The summed E-state index contributed by atoms with van der Waals surface area (Å²) < 4.78 is 5.71. The Bertz CT molecular complexity index is 736. The van der Waals surface area contributed by atoms with Crippen LogP contribution in [0.25, 0.3) is 5.57 Å². The third kappa shape index (κ3) is 4.02. The second kappa shape index (κ2) is 8.15. The van der Waals surface area contributed by atoms with Gasteiger partial charge < -0.3 is 9.64 Å². The van der Waals surface area contributed by atoms with Gasteiger partial charge in [0.1, 0.15) is 11.4 Å². The number of amides is 2. The van der Waals surface area contributed by atoms with E-state index in [2.05, 4.69) is 11.8 Å². The molecule has 1 saturated heterocycles. The lowest BCUT2D eigenvalue weighted by Crippen LogP contribution is -2.39. The molecule has 0 spiro atoms. The van der Waals surface area contributed by atoms with Gasteiger partial charge in [0.05, 0.1) is 11.7 Å². The Morgan fingerprint density at radius 2 is 1.85 bits per heavy atom. The molecule has 146 valence electrons. The molecule has 0 aromatic heterocycles. The fourth-order valence-electron chi connectivity index (χ4n) is 3.91. The summed E-state index contributed by atoms with van der Waals surface area (Å²) in [6, 6.07) is 7.53. The number of benzene rings is 1. The molecule has 27 heavy (non-hydrogen) atoms. The molecule has 1 aromatic rings. The third-order valence-corrected chi connectivity index (χ3v) is 5.08. The minimum Gasteiger partial charge on any atom is -0.491 e. The molecule has 1 unspecified atom stereocenters. The Labute approximate surface area is 162 Å². The number of carbonyl (C=O) groups excluding carboxylic acids is 2. The molecule has 2 aliphatic heterocycles. The van der Waals surface area contributed by atoms with E-state index in [4.69, 9.17) is 4.74 Å². The van der Waals surface area contributed by atoms with Crippen molar-refractivity contribution in [3.63, 3.8) is 0 Å². The highest BCUT2D eigenvalue weighted by molar-refractivity contribution is 6.35. The maximum atomic E-state index is 13.1. The van der Waals surface area contributed by atoms with Gasteiger partial charge in [0, 0.05) is 19.6 Å². The summed E-state index contributed by atoms with van der Waals surface area (Å²) in [6.45, 7) is 10.3. The number of hydrogen-bond acceptors (Lipinski definition) is 4. The highest BCUT2D eigenvalue weighted by Gasteiger charge is 2.41. The molecule has 1 fully saturated rings. The Morgan fingerprint density at radius 3 is 2.44 bits per heavy atom. The lowest BCUT2D eigenvalue weighted by Gasteiger charge is -2.33. The quantitative estimate of drug-likeness (QED) is 0.717. The van der Waals surface area contributed by atoms with Gasteiger partial charge in [0.15, 0.2) is 0 Å². The fourth-order valence-corrected chi connectivity index (χ4v) is 3.91. The average molecular weight is 370 g/mol. The van der Waals surface area contributed by atoms with Gasteiger partial charge in [-0.2, -0.15) is 0 Å². The largest absolute Gasteiger partial charge is 0.491 e. The first kappa shape index (κ1) is 19.5. The molecular formula is C22H30N2O3. The third-order valence-electron chi connectivity index (χ3n) is 5.08. The van der Waals surface area contributed by atoms with Crippen LogP contribution in [0.5, 0.6) is 5.75 Å². The van der Waals surface area contributed by atoms with Crippen molar-refractivity contribution >= 4 is 17.4 Å². The van der Waals surface area contributed by atoms with E-state index in [0.29, 0.717) is 23.7 Å². The number of ether oxygens (including phenoxy) is 1. The zero-order valence-corrected chi connectivity index (χ0v) is 16.8. The van der Waals surface area contributed by atoms with E-state index in [1.165, 1.54) is 11.3 Å². The molecule has 2 aliphatic rings. The summed E-state index contributed by atoms with van der Waals surface area (Å²) in [4.78, 5) is 29.7. The molecule has 5 nitrogen and oxygen atoms in total. The lowest BCUT2D eigenvalue weighted by atomic mass is 9.97. The van der Waals surface area contributed by atoms with Crippen molar-refractivity contribution in [1.82, 2.24) is 9.80 Å². The van der Waals surface area contributed by atoms with Crippen molar-refractivity contribution in [2.24, 2.45) is 5.92 Å². The summed E-state index contributed by atoms with van der Waals surface area (Å²) >= 11 is 0. The van der Waals surface area contributed by atoms with Gasteiger partial charge in [-0.25, -0.2) is 0 Å². The van der Waals surface area contributed by atoms with Gasteiger partial charge in [-0.1, -0.05) is 26.0 Å². The minimum absolute atomic E-state index is 0.0928. The van der Waals surface area contributed by atoms with Gasteiger partial charge >= 0.3 is 0 Å². The maximum absolute atomic E-state index is 13.1. The van der Waals surface area contributed by atoms with E-state index in [1.54, 1.807) is 0 Å². The number of likely N-dealkylation sites (tertiary alicyclic amines) is 1. The predicted octanol–water partition coefficient (Wildman–Crippen LogP) is 3.70. The molecule has 0 N–H and O–H groups in total. The zero-order chi connectivity index (χ0) is 19.6. The summed E-state index contributed by atoms with van der Waals surface area (Å²) in [5, 5.41) is 0. The van der Waals surface area contributed by atoms with Crippen molar-refractivity contribution < 1.29 is 14.3 Å². The van der Waals surface area contributed by atoms with Crippen LogP contribution >= 0.6 is 0 Å². The van der Waals surface area contributed by atoms with E-state index in [9.17, 15) is 9.59 Å². The highest BCUT2D eigenvalue weighted by atomic mass is 16.5. The molecule has 0 saturated carbocycles. The number of rotatable bonds is 6. The normalized spacial score (nSPS) is 20.9. The molecule has 1 atom stereocenters. The van der Waals surface area contributed by atoms with Crippen LogP contribution in [0.2, 0.25) is 0 Å². The summed E-state index contributed by atoms with van der Waals surface area (Å²) in [5.74, 6) is 0.975. The van der Waals surface area contributed by atoms with E-state index in [1.807, 2.05) is 45.0 Å². The van der Waals surface area contributed by atoms with Gasteiger partial charge in [-0.3, -0.25) is 14.5 Å². The monoisotopic (exact) mass is 370 g/mol. The van der Waals surface area contributed by atoms with E-state index in [-0.39, 0.29) is 17.9 Å². The molecule has 2 amide bonds. The molecule has 5 heteroatoms. The first-order valence-corrected chi connectivity index (χ1v) is 10.0. The van der Waals surface area contributed by atoms with Crippen LogP contribution in [0.4, 0.5) is 0 Å². The second-order valence-electron chi connectivity index (χ2n) is 7.87. The number of hydrogen-bond donors (Lipinski definition) is 0. The number of piperidine rings is 1. The zero-order valence-electron chi connectivity index (χ0n) is 16.8. The van der Waals surface area contributed by atoms with Crippen LogP contribution in [0.3, 0.4) is 0 Å². The first-order valence-electron chi connectivity index (χ1n) is 10.0. The lowest BCUT2D eigenvalue weighted by molar-refractivity contribution is -0.137. The smallest absolute Gasteiger partial charge is 0.277 e. The van der Waals surface area contributed by atoms with Crippen LogP contribution < -0.4 is 4.74 Å². The molecule has 1 aromatic carbocycles. The first-order chi connectivity index (χ1) is 12.9. The molecule has 2 heterocycles. The summed E-state index contributed by atoms with van der Waals surface area (Å²) in [6.07, 6.45) is 3.07. The molecular weight excluding hydrogens is 340 g/mol. The van der Waals surface area contributed by atoms with Crippen molar-refractivity contribution in [2.45, 2.75) is 53.1 Å². The van der Waals surface area contributed by atoms with Gasteiger partial charge in [-0.05, 0) is 56.7 Å². The molecule has 0 radical (unpaired) electrons. The molecule has 3 rings (SSSR count). The average Bonchev–Trinajstić information content (AvgIpc) is 2.87. The van der Waals surface area contributed by atoms with E-state index < -0.39 is 0 Å². The Balaban J connectivity index is 2.00. The number of carbonyl (C=O) groups is 2. The van der Waals surface area contributed by atoms with Gasteiger partial charge in [-0.15, -0.1) is 0 Å². The highest BCUT2D eigenvalue weighted by Crippen LogP contribution is 2.34. The Hall–Kier alpha value is -2.30. The molecule has 0 aliphatic carbocycles.